The molecule has 0 aromatic heterocycles. The van der Waals surface area contributed by atoms with Crippen molar-refractivity contribution in [1.82, 2.24) is 0 Å². The molecule has 186 valence electrons. The van der Waals surface area contributed by atoms with Gasteiger partial charge in [-0.2, -0.15) is 18.4 Å². The molecule has 3 aromatic carbocycles. The second-order valence-electron chi connectivity index (χ2n) is 7.37. The minimum atomic E-state index is -4.57. The van der Waals surface area contributed by atoms with Crippen molar-refractivity contribution < 1.29 is 31.8 Å². The number of halogens is 5. The summed E-state index contributed by atoms with van der Waals surface area (Å²) in [7, 11) is 0. The van der Waals surface area contributed by atoms with Crippen molar-refractivity contribution in [3.05, 3.63) is 93.2 Å². The van der Waals surface area contributed by atoms with Crippen LogP contribution in [-0.4, -0.2) is 12.5 Å². The highest BCUT2D eigenvalue weighted by atomic mass is 79.9. The Morgan fingerprint density at radius 3 is 2.42 bits per heavy atom. The van der Waals surface area contributed by atoms with Crippen molar-refractivity contribution >= 4 is 33.6 Å². The summed E-state index contributed by atoms with van der Waals surface area (Å²) in [6.45, 7) is 2.22. The first kappa shape index (κ1) is 26.8. The van der Waals surface area contributed by atoms with E-state index in [1.807, 2.05) is 0 Å². The standard InChI is InChI=1S/C26H19BrF4N2O3/c1-2-35-23-11-17(22(27)13-24(23)36-15-16-6-8-20(28)9-7-16)10-18(14-32)25(34)33-21-5-3-4-19(12-21)26(29,30)31/h3-13H,2,15H2,1H3,(H,33,34)/b18-10+. The first-order valence-electron chi connectivity index (χ1n) is 10.5. The van der Waals surface area contributed by atoms with Crippen LogP contribution in [0.2, 0.25) is 0 Å². The monoisotopic (exact) mass is 562 g/mol. The van der Waals surface area contributed by atoms with E-state index in [0.717, 1.165) is 23.8 Å². The number of ether oxygens (including phenoxy) is 2. The van der Waals surface area contributed by atoms with E-state index in [0.29, 0.717) is 28.1 Å². The predicted molar refractivity (Wildman–Crippen MR) is 130 cm³/mol. The van der Waals surface area contributed by atoms with E-state index in [1.54, 1.807) is 37.3 Å². The van der Waals surface area contributed by atoms with Gasteiger partial charge in [0.15, 0.2) is 11.5 Å². The van der Waals surface area contributed by atoms with E-state index in [4.69, 9.17) is 9.47 Å². The largest absolute Gasteiger partial charge is 0.490 e. The first-order chi connectivity index (χ1) is 17.1. The van der Waals surface area contributed by atoms with Gasteiger partial charge in [0, 0.05) is 10.2 Å². The summed E-state index contributed by atoms with van der Waals surface area (Å²) in [6, 6.07) is 14.8. The van der Waals surface area contributed by atoms with Crippen molar-refractivity contribution in [2.24, 2.45) is 0 Å². The number of anilines is 1. The number of nitrogens with one attached hydrogen (secondary N) is 1. The zero-order valence-electron chi connectivity index (χ0n) is 18.8. The second-order valence-corrected chi connectivity index (χ2v) is 8.23. The number of carbonyl (C=O) groups is 1. The van der Waals surface area contributed by atoms with Crippen molar-refractivity contribution in [1.29, 1.82) is 5.26 Å². The van der Waals surface area contributed by atoms with Gasteiger partial charge in [0.25, 0.3) is 5.91 Å². The van der Waals surface area contributed by atoms with Crippen molar-refractivity contribution in [3.8, 4) is 17.6 Å². The summed E-state index contributed by atoms with van der Waals surface area (Å²) in [4.78, 5) is 12.6. The van der Waals surface area contributed by atoms with Crippen molar-refractivity contribution in [2.45, 2.75) is 19.7 Å². The number of rotatable bonds is 8. The lowest BCUT2D eigenvalue weighted by Crippen LogP contribution is -2.14. The average Bonchev–Trinajstić information content (AvgIpc) is 2.83. The zero-order valence-corrected chi connectivity index (χ0v) is 20.4. The van der Waals surface area contributed by atoms with Gasteiger partial charge in [-0.25, -0.2) is 4.39 Å². The number of nitriles is 1. The van der Waals surface area contributed by atoms with Gasteiger partial charge in [0.2, 0.25) is 0 Å². The molecule has 5 nitrogen and oxygen atoms in total. The highest BCUT2D eigenvalue weighted by Gasteiger charge is 2.30. The molecule has 1 amide bonds. The lowest BCUT2D eigenvalue weighted by molar-refractivity contribution is -0.137. The number of hydrogen-bond acceptors (Lipinski definition) is 4. The van der Waals surface area contributed by atoms with Gasteiger partial charge >= 0.3 is 6.18 Å². The topological polar surface area (TPSA) is 71.3 Å². The number of carbonyl (C=O) groups excluding carboxylic acids is 1. The normalized spacial score (nSPS) is 11.5. The molecule has 10 heteroatoms. The van der Waals surface area contributed by atoms with Crippen LogP contribution in [0.5, 0.6) is 11.5 Å². The molecule has 0 unspecified atom stereocenters. The molecule has 0 aliphatic heterocycles. The predicted octanol–water partition coefficient (Wildman–Crippen LogP) is 7.13. The summed E-state index contributed by atoms with van der Waals surface area (Å²) in [5, 5.41) is 11.8. The van der Waals surface area contributed by atoms with E-state index in [9.17, 15) is 27.6 Å². The highest BCUT2D eigenvalue weighted by Crippen LogP contribution is 2.36. The van der Waals surface area contributed by atoms with E-state index < -0.39 is 17.6 Å². The van der Waals surface area contributed by atoms with Crippen LogP contribution < -0.4 is 14.8 Å². The van der Waals surface area contributed by atoms with Gasteiger partial charge in [-0.15, -0.1) is 0 Å². The Hall–Kier alpha value is -3.84. The molecule has 3 rings (SSSR count). The Kier molecular flexibility index (Phi) is 8.72. The quantitative estimate of drug-likeness (QED) is 0.180. The highest BCUT2D eigenvalue weighted by molar-refractivity contribution is 9.10. The van der Waals surface area contributed by atoms with Crippen LogP contribution in [-0.2, 0) is 17.6 Å². The molecule has 0 saturated heterocycles. The molecule has 0 bridgehead atoms. The van der Waals surface area contributed by atoms with Crippen LogP contribution in [0.4, 0.5) is 23.2 Å². The fourth-order valence-corrected chi connectivity index (χ4v) is 3.50. The molecule has 0 aliphatic rings. The Labute approximate surface area is 213 Å². The van der Waals surface area contributed by atoms with Crippen LogP contribution >= 0.6 is 15.9 Å². The molecule has 3 aromatic rings. The first-order valence-corrected chi connectivity index (χ1v) is 11.3. The summed E-state index contributed by atoms with van der Waals surface area (Å²) in [5.74, 6) is -0.530. The number of alkyl halides is 3. The van der Waals surface area contributed by atoms with Gasteiger partial charge in [-0.05, 0) is 66.6 Å². The van der Waals surface area contributed by atoms with Gasteiger partial charge in [-0.1, -0.05) is 34.1 Å². The molecule has 0 heterocycles. The SMILES string of the molecule is CCOc1cc(/C=C(\C#N)C(=O)Nc2cccc(C(F)(F)F)c2)c(Br)cc1OCc1ccc(F)cc1. The molecular formula is C26H19BrF4N2O3. The third-order valence-corrected chi connectivity index (χ3v) is 5.47. The van der Waals surface area contributed by atoms with Crippen LogP contribution in [0.15, 0.2) is 70.7 Å². The summed E-state index contributed by atoms with van der Waals surface area (Å²) in [6.07, 6.45) is -3.30. The van der Waals surface area contributed by atoms with Gasteiger partial charge in [-0.3, -0.25) is 4.79 Å². The average molecular weight is 563 g/mol. The molecule has 0 saturated carbocycles. The lowest BCUT2D eigenvalue weighted by atomic mass is 10.1. The number of nitrogens with zero attached hydrogens (tertiary/aromatic N) is 1. The van der Waals surface area contributed by atoms with Crippen molar-refractivity contribution in [3.63, 3.8) is 0 Å². The third kappa shape index (κ3) is 7.09. The maximum atomic E-state index is 13.1. The van der Waals surface area contributed by atoms with E-state index in [-0.39, 0.29) is 23.7 Å². The van der Waals surface area contributed by atoms with Crippen molar-refractivity contribution in [2.75, 3.05) is 11.9 Å². The molecule has 0 radical (unpaired) electrons. The number of benzene rings is 3. The van der Waals surface area contributed by atoms with E-state index >= 15 is 0 Å². The fourth-order valence-electron chi connectivity index (χ4n) is 3.06. The van der Waals surface area contributed by atoms with E-state index in [1.165, 1.54) is 24.3 Å². The van der Waals surface area contributed by atoms with Gasteiger partial charge in [0.05, 0.1) is 12.2 Å². The maximum Gasteiger partial charge on any atom is 0.416 e. The molecule has 0 fully saturated rings. The fraction of sp³-hybridized carbons (Fsp3) is 0.154. The number of amides is 1. The third-order valence-electron chi connectivity index (χ3n) is 4.78. The minimum Gasteiger partial charge on any atom is -0.490 e. The summed E-state index contributed by atoms with van der Waals surface area (Å²) in [5.41, 5.74) is -0.228. The summed E-state index contributed by atoms with van der Waals surface area (Å²) >= 11 is 3.38. The van der Waals surface area contributed by atoms with Crippen LogP contribution in [0, 0.1) is 17.1 Å². The van der Waals surface area contributed by atoms with Gasteiger partial charge in [0.1, 0.15) is 24.1 Å². The number of hydrogen-bond donors (Lipinski definition) is 1. The molecule has 0 spiro atoms. The molecular weight excluding hydrogens is 544 g/mol. The Balaban J connectivity index is 1.84. The zero-order chi connectivity index (χ0) is 26.3. The molecule has 0 atom stereocenters. The molecule has 0 aliphatic carbocycles. The van der Waals surface area contributed by atoms with Gasteiger partial charge < -0.3 is 14.8 Å². The maximum absolute atomic E-state index is 13.1. The smallest absolute Gasteiger partial charge is 0.416 e. The second kappa shape index (κ2) is 11.7. The van der Waals surface area contributed by atoms with E-state index in [2.05, 4.69) is 21.2 Å². The lowest BCUT2D eigenvalue weighted by Gasteiger charge is -2.14. The Bertz CT molecular complexity index is 1320. The Morgan fingerprint density at radius 1 is 1.08 bits per heavy atom. The van der Waals surface area contributed by atoms with Crippen LogP contribution in [0.3, 0.4) is 0 Å². The summed E-state index contributed by atoms with van der Waals surface area (Å²) < 4.78 is 63.9. The van der Waals surface area contributed by atoms with Crippen LogP contribution in [0.25, 0.3) is 6.08 Å². The Morgan fingerprint density at radius 2 is 1.78 bits per heavy atom. The van der Waals surface area contributed by atoms with Crippen LogP contribution in [0.1, 0.15) is 23.6 Å². The molecule has 36 heavy (non-hydrogen) atoms. The molecule has 1 N–H and O–H groups in total. The minimum absolute atomic E-state index is 0.102.